The molecular formula is C6H13NO3. The molecule has 0 radical (unpaired) electrons. The molecule has 4 nitrogen and oxygen atoms in total. The fourth-order valence-corrected chi connectivity index (χ4v) is 0.441. The SMILES string of the molecule is NC(=O)CCOCCCO. The second kappa shape index (κ2) is 6.51. The van der Waals surface area contributed by atoms with Crippen molar-refractivity contribution in [1.29, 1.82) is 0 Å². The van der Waals surface area contributed by atoms with Gasteiger partial charge in [-0.3, -0.25) is 4.79 Å². The first kappa shape index (κ1) is 9.39. The van der Waals surface area contributed by atoms with Crippen LogP contribution in [0.2, 0.25) is 0 Å². The summed E-state index contributed by atoms with van der Waals surface area (Å²) in [5.74, 6) is -0.357. The highest BCUT2D eigenvalue weighted by Gasteiger charge is 1.92. The molecule has 0 unspecified atom stereocenters. The molecule has 60 valence electrons. The fourth-order valence-electron chi connectivity index (χ4n) is 0.441. The lowest BCUT2D eigenvalue weighted by Crippen LogP contribution is -2.13. The minimum absolute atomic E-state index is 0.122. The van der Waals surface area contributed by atoms with Gasteiger partial charge in [0.15, 0.2) is 0 Å². The lowest BCUT2D eigenvalue weighted by molar-refractivity contribution is -0.119. The first-order valence-corrected chi connectivity index (χ1v) is 3.24. The van der Waals surface area contributed by atoms with Crippen LogP contribution < -0.4 is 5.73 Å². The van der Waals surface area contributed by atoms with Gasteiger partial charge in [-0.25, -0.2) is 0 Å². The van der Waals surface area contributed by atoms with Crippen LogP contribution in [0.3, 0.4) is 0 Å². The molecule has 0 saturated carbocycles. The molecule has 0 aliphatic heterocycles. The molecule has 0 atom stereocenters. The van der Waals surface area contributed by atoms with Crippen molar-refractivity contribution in [2.75, 3.05) is 19.8 Å². The van der Waals surface area contributed by atoms with Gasteiger partial charge >= 0.3 is 0 Å². The summed E-state index contributed by atoms with van der Waals surface area (Å²) in [6, 6.07) is 0. The van der Waals surface area contributed by atoms with Gasteiger partial charge in [0.1, 0.15) is 0 Å². The summed E-state index contributed by atoms with van der Waals surface area (Å²) in [4.78, 5) is 10.1. The molecule has 3 N–H and O–H groups in total. The summed E-state index contributed by atoms with van der Waals surface area (Å²) >= 11 is 0. The van der Waals surface area contributed by atoms with Crippen LogP contribution in [0.1, 0.15) is 12.8 Å². The number of carbonyl (C=O) groups excluding carboxylic acids is 1. The summed E-state index contributed by atoms with van der Waals surface area (Å²) in [5, 5.41) is 8.30. The molecule has 0 heterocycles. The van der Waals surface area contributed by atoms with Gasteiger partial charge in [-0.1, -0.05) is 0 Å². The van der Waals surface area contributed by atoms with Crippen LogP contribution in [0.25, 0.3) is 0 Å². The molecule has 0 aromatic carbocycles. The summed E-state index contributed by atoms with van der Waals surface area (Å²) in [6.45, 7) is 0.968. The highest BCUT2D eigenvalue weighted by molar-refractivity contribution is 5.73. The van der Waals surface area contributed by atoms with Gasteiger partial charge in [0.05, 0.1) is 6.61 Å². The number of carbonyl (C=O) groups is 1. The van der Waals surface area contributed by atoms with Crippen molar-refractivity contribution >= 4 is 5.91 Å². The summed E-state index contributed by atoms with van der Waals surface area (Å²) < 4.78 is 4.92. The Morgan fingerprint density at radius 2 is 2.20 bits per heavy atom. The normalized spacial score (nSPS) is 9.70. The van der Waals surface area contributed by atoms with E-state index in [-0.39, 0.29) is 18.9 Å². The van der Waals surface area contributed by atoms with E-state index in [2.05, 4.69) is 0 Å². The van der Waals surface area contributed by atoms with E-state index in [1.54, 1.807) is 0 Å². The number of aliphatic hydroxyl groups excluding tert-OH is 1. The number of hydrogen-bond acceptors (Lipinski definition) is 3. The third kappa shape index (κ3) is 7.39. The molecular weight excluding hydrogens is 134 g/mol. The molecule has 0 aliphatic rings. The Balaban J connectivity index is 2.84. The minimum atomic E-state index is -0.357. The van der Waals surface area contributed by atoms with E-state index in [9.17, 15) is 4.79 Å². The predicted molar refractivity (Wildman–Crippen MR) is 36.3 cm³/mol. The standard InChI is InChI=1S/C6H13NO3/c7-6(9)2-5-10-4-1-3-8/h8H,1-5H2,(H2,7,9). The maximum atomic E-state index is 10.1. The summed E-state index contributed by atoms with van der Waals surface area (Å²) in [5.41, 5.74) is 4.84. The first-order valence-electron chi connectivity index (χ1n) is 3.24. The fraction of sp³-hybridized carbons (Fsp3) is 0.833. The van der Waals surface area contributed by atoms with E-state index in [1.807, 2.05) is 0 Å². The second-order valence-electron chi connectivity index (χ2n) is 1.91. The monoisotopic (exact) mass is 147 g/mol. The van der Waals surface area contributed by atoms with Gasteiger partial charge in [0.2, 0.25) is 5.91 Å². The van der Waals surface area contributed by atoms with Crippen molar-refractivity contribution in [2.45, 2.75) is 12.8 Å². The molecule has 0 fully saturated rings. The lowest BCUT2D eigenvalue weighted by Gasteiger charge is -1.98. The zero-order valence-corrected chi connectivity index (χ0v) is 5.88. The third-order valence-corrected chi connectivity index (χ3v) is 0.940. The summed E-state index contributed by atoms with van der Waals surface area (Å²) in [7, 11) is 0. The number of amides is 1. The van der Waals surface area contributed by atoms with E-state index in [4.69, 9.17) is 15.6 Å². The first-order chi connectivity index (χ1) is 4.77. The van der Waals surface area contributed by atoms with E-state index >= 15 is 0 Å². The van der Waals surface area contributed by atoms with Gasteiger partial charge in [-0.05, 0) is 6.42 Å². The van der Waals surface area contributed by atoms with Crippen molar-refractivity contribution in [1.82, 2.24) is 0 Å². The van der Waals surface area contributed by atoms with E-state index in [0.717, 1.165) is 0 Å². The van der Waals surface area contributed by atoms with Gasteiger partial charge in [0.25, 0.3) is 0 Å². The Morgan fingerprint density at radius 3 is 2.70 bits per heavy atom. The molecule has 0 aromatic rings. The van der Waals surface area contributed by atoms with Crippen LogP contribution in [-0.2, 0) is 9.53 Å². The molecule has 4 heteroatoms. The van der Waals surface area contributed by atoms with Crippen molar-refractivity contribution in [3.05, 3.63) is 0 Å². The molecule has 0 rings (SSSR count). The van der Waals surface area contributed by atoms with Crippen LogP contribution in [0.4, 0.5) is 0 Å². The Morgan fingerprint density at radius 1 is 1.50 bits per heavy atom. The van der Waals surface area contributed by atoms with Crippen LogP contribution in [0, 0.1) is 0 Å². The quantitative estimate of drug-likeness (QED) is 0.486. The molecule has 1 amide bonds. The van der Waals surface area contributed by atoms with Crippen LogP contribution in [0.5, 0.6) is 0 Å². The smallest absolute Gasteiger partial charge is 0.219 e. The average Bonchev–Trinajstić information content (AvgIpc) is 1.87. The Hall–Kier alpha value is -0.610. The van der Waals surface area contributed by atoms with Crippen molar-refractivity contribution in [2.24, 2.45) is 5.73 Å². The molecule has 10 heavy (non-hydrogen) atoms. The molecule has 0 saturated heterocycles. The molecule has 0 spiro atoms. The number of nitrogens with two attached hydrogens (primary N) is 1. The van der Waals surface area contributed by atoms with Gasteiger partial charge < -0.3 is 15.6 Å². The Labute approximate surface area is 60.0 Å². The number of primary amides is 1. The summed E-state index contributed by atoms with van der Waals surface area (Å²) in [6.07, 6.45) is 0.865. The topological polar surface area (TPSA) is 72.6 Å². The maximum Gasteiger partial charge on any atom is 0.219 e. The maximum absolute atomic E-state index is 10.1. The average molecular weight is 147 g/mol. The number of hydrogen-bond donors (Lipinski definition) is 2. The zero-order chi connectivity index (χ0) is 7.82. The highest BCUT2D eigenvalue weighted by atomic mass is 16.5. The number of ether oxygens (including phenoxy) is 1. The largest absolute Gasteiger partial charge is 0.396 e. The number of aliphatic hydroxyl groups is 1. The van der Waals surface area contributed by atoms with E-state index in [0.29, 0.717) is 19.6 Å². The van der Waals surface area contributed by atoms with Crippen LogP contribution in [-0.4, -0.2) is 30.8 Å². The molecule has 0 bridgehead atoms. The second-order valence-corrected chi connectivity index (χ2v) is 1.91. The molecule has 0 aromatic heterocycles. The van der Waals surface area contributed by atoms with Crippen molar-refractivity contribution < 1.29 is 14.6 Å². The van der Waals surface area contributed by atoms with Crippen molar-refractivity contribution in [3.63, 3.8) is 0 Å². The Bertz CT molecular complexity index is 95.0. The predicted octanol–water partition coefficient (Wildman–Crippen LogP) is -0.739. The van der Waals surface area contributed by atoms with Crippen molar-refractivity contribution in [3.8, 4) is 0 Å². The van der Waals surface area contributed by atoms with Gasteiger partial charge in [0, 0.05) is 19.6 Å². The van der Waals surface area contributed by atoms with E-state index < -0.39 is 0 Å². The van der Waals surface area contributed by atoms with Gasteiger partial charge in [-0.2, -0.15) is 0 Å². The van der Waals surface area contributed by atoms with Crippen LogP contribution >= 0.6 is 0 Å². The Kier molecular flexibility index (Phi) is 6.11. The van der Waals surface area contributed by atoms with Crippen LogP contribution in [0.15, 0.2) is 0 Å². The van der Waals surface area contributed by atoms with Gasteiger partial charge in [-0.15, -0.1) is 0 Å². The molecule has 0 aliphatic carbocycles. The third-order valence-electron chi connectivity index (χ3n) is 0.940. The lowest BCUT2D eigenvalue weighted by atomic mass is 10.4. The highest BCUT2D eigenvalue weighted by Crippen LogP contribution is 1.83. The van der Waals surface area contributed by atoms with E-state index in [1.165, 1.54) is 0 Å². The minimum Gasteiger partial charge on any atom is -0.396 e. The zero-order valence-electron chi connectivity index (χ0n) is 5.88. The number of rotatable bonds is 6.